The van der Waals surface area contributed by atoms with Crippen LogP contribution in [0.3, 0.4) is 0 Å². The van der Waals surface area contributed by atoms with Gasteiger partial charge in [-0.25, -0.2) is 9.97 Å². The van der Waals surface area contributed by atoms with Crippen molar-refractivity contribution in [3.63, 3.8) is 0 Å². The van der Waals surface area contributed by atoms with E-state index in [-0.39, 0.29) is 29.8 Å². The van der Waals surface area contributed by atoms with Crippen LogP contribution >= 0.6 is 0 Å². The minimum Gasteiger partial charge on any atom is -0.389 e. The molecule has 4 atom stereocenters. The Hall–Kier alpha value is -1.77. The number of hydrogen-bond donors (Lipinski definition) is 2. The first-order valence-corrected chi connectivity index (χ1v) is 9.76. The lowest BCUT2D eigenvalue weighted by atomic mass is 9.66. The standard InChI is InChI=1S/C19H28N4O4/c1-12(2)22-18-20-7-13(8-21-18)17(24)23-9-14-10-27-6-4-19(14,25)15-11-26-5-3-16(15)23/h7-8,12,14-16,25H,3-6,9-11H2,1-2H3,(H,20,21,22)/t14-,15+,16-,19-/m1/s1. The molecule has 1 aromatic heterocycles. The predicted octanol–water partition coefficient (Wildman–Crippen LogP) is 0.925. The number of anilines is 1. The largest absolute Gasteiger partial charge is 0.389 e. The molecular formula is C19H28N4O4. The lowest BCUT2D eigenvalue weighted by molar-refractivity contribution is -0.212. The van der Waals surface area contributed by atoms with Gasteiger partial charge in [-0.05, 0) is 20.3 Å². The van der Waals surface area contributed by atoms with Crippen molar-refractivity contribution in [2.24, 2.45) is 11.8 Å². The second kappa shape index (κ2) is 7.33. The van der Waals surface area contributed by atoms with Crippen molar-refractivity contribution < 1.29 is 19.4 Å². The second-order valence-corrected chi connectivity index (χ2v) is 8.10. The van der Waals surface area contributed by atoms with Gasteiger partial charge in [0.2, 0.25) is 5.95 Å². The van der Waals surface area contributed by atoms with Gasteiger partial charge in [-0.1, -0.05) is 0 Å². The first-order chi connectivity index (χ1) is 13.0. The molecule has 148 valence electrons. The number of piperidine rings is 1. The maximum atomic E-state index is 13.2. The van der Waals surface area contributed by atoms with Crippen LogP contribution in [-0.4, -0.2) is 76.5 Å². The summed E-state index contributed by atoms with van der Waals surface area (Å²) in [6, 6.07) is 0.194. The van der Waals surface area contributed by atoms with Crippen molar-refractivity contribution in [1.82, 2.24) is 14.9 Å². The van der Waals surface area contributed by atoms with Gasteiger partial charge in [0.05, 0.1) is 24.4 Å². The number of nitrogens with one attached hydrogen (secondary N) is 1. The summed E-state index contributed by atoms with van der Waals surface area (Å²) in [6.07, 6.45) is 4.49. The number of likely N-dealkylation sites (tertiary alicyclic amines) is 1. The second-order valence-electron chi connectivity index (χ2n) is 8.10. The van der Waals surface area contributed by atoms with Crippen LogP contribution in [0, 0.1) is 11.8 Å². The van der Waals surface area contributed by atoms with Crippen molar-refractivity contribution in [3.8, 4) is 0 Å². The smallest absolute Gasteiger partial charge is 0.257 e. The van der Waals surface area contributed by atoms with Gasteiger partial charge in [-0.15, -0.1) is 0 Å². The molecule has 27 heavy (non-hydrogen) atoms. The van der Waals surface area contributed by atoms with E-state index in [9.17, 15) is 9.90 Å². The first kappa shape index (κ1) is 18.6. The van der Waals surface area contributed by atoms with Crippen LogP contribution in [0.15, 0.2) is 12.4 Å². The summed E-state index contributed by atoms with van der Waals surface area (Å²) in [7, 11) is 0. The molecule has 1 aromatic rings. The number of carbonyl (C=O) groups is 1. The quantitative estimate of drug-likeness (QED) is 0.810. The average Bonchev–Trinajstić information content (AvgIpc) is 2.67. The van der Waals surface area contributed by atoms with E-state index in [0.717, 1.165) is 6.42 Å². The van der Waals surface area contributed by atoms with E-state index in [0.29, 0.717) is 50.9 Å². The zero-order chi connectivity index (χ0) is 19.0. The highest BCUT2D eigenvalue weighted by Gasteiger charge is 2.56. The van der Waals surface area contributed by atoms with Crippen molar-refractivity contribution in [1.29, 1.82) is 0 Å². The number of ether oxygens (including phenoxy) is 2. The number of rotatable bonds is 3. The molecule has 1 amide bonds. The average molecular weight is 376 g/mol. The Balaban J connectivity index is 1.57. The zero-order valence-corrected chi connectivity index (χ0v) is 15.9. The lowest BCUT2D eigenvalue weighted by Crippen LogP contribution is -2.68. The summed E-state index contributed by atoms with van der Waals surface area (Å²) in [4.78, 5) is 23.6. The van der Waals surface area contributed by atoms with Gasteiger partial charge in [0.1, 0.15) is 0 Å². The van der Waals surface area contributed by atoms with E-state index in [1.165, 1.54) is 0 Å². The normalized spacial score (nSPS) is 33.3. The monoisotopic (exact) mass is 376 g/mol. The summed E-state index contributed by atoms with van der Waals surface area (Å²) < 4.78 is 11.3. The Bertz CT molecular complexity index is 683. The summed E-state index contributed by atoms with van der Waals surface area (Å²) in [5.74, 6) is 0.247. The predicted molar refractivity (Wildman–Crippen MR) is 98.4 cm³/mol. The molecule has 3 fully saturated rings. The van der Waals surface area contributed by atoms with Gasteiger partial charge in [0.15, 0.2) is 0 Å². The van der Waals surface area contributed by atoms with Gasteiger partial charge in [0.25, 0.3) is 5.91 Å². The first-order valence-electron chi connectivity index (χ1n) is 9.76. The molecule has 8 heteroatoms. The third-order valence-corrected chi connectivity index (χ3v) is 6.03. The molecule has 2 N–H and O–H groups in total. The lowest BCUT2D eigenvalue weighted by Gasteiger charge is -2.57. The minimum absolute atomic E-state index is 0.0286. The van der Waals surface area contributed by atoms with Gasteiger partial charge in [0, 0.05) is 62.5 Å². The van der Waals surface area contributed by atoms with E-state index in [1.54, 1.807) is 12.4 Å². The number of aliphatic hydroxyl groups is 1. The Kier molecular flexibility index (Phi) is 5.05. The fourth-order valence-electron chi connectivity index (χ4n) is 4.63. The topological polar surface area (TPSA) is 96.8 Å². The number of nitrogens with zero attached hydrogens (tertiary/aromatic N) is 3. The highest BCUT2D eigenvalue weighted by atomic mass is 16.5. The van der Waals surface area contributed by atoms with Gasteiger partial charge < -0.3 is 24.8 Å². The molecule has 4 rings (SSSR count). The van der Waals surface area contributed by atoms with E-state index in [1.807, 2.05) is 18.7 Å². The Morgan fingerprint density at radius 1 is 1.30 bits per heavy atom. The third-order valence-electron chi connectivity index (χ3n) is 6.03. The highest BCUT2D eigenvalue weighted by molar-refractivity contribution is 5.94. The Morgan fingerprint density at radius 3 is 2.78 bits per heavy atom. The van der Waals surface area contributed by atoms with Crippen LogP contribution in [0.2, 0.25) is 0 Å². The molecule has 0 radical (unpaired) electrons. The van der Waals surface area contributed by atoms with Crippen LogP contribution in [0.25, 0.3) is 0 Å². The molecule has 0 aliphatic carbocycles. The zero-order valence-electron chi connectivity index (χ0n) is 15.9. The van der Waals surface area contributed by atoms with Gasteiger partial charge in [-0.2, -0.15) is 0 Å². The SMILES string of the molecule is CC(C)Nc1ncc(C(=O)N2C[C@@H]3COCC[C@]3(O)[C@H]3COCC[C@H]32)cn1. The molecule has 3 aliphatic heterocycles. The third kappa shape index (κ3) is 3.41. The fraction of sp³-hybridized carbons (Fsp3) is 0.737. The van der Waals surface area contributed by atoms with Crippen LogP contribution in [0.4, 0.5) is 5.95 Å². The fourth-order valence-corrected chi connectivity index (χ4v) is 4.63. The Labute approximate surface area is 159 Å². The minimum atomic E-state index is -0.818. The summed E-state index contributed by atoms with van der Waals surface area (Å²) in [5, 5.41) is 14.5. The molecule has 0 saturated carbocycles. The van der Waals surface area contributed by atoms with Crippen LogP contribution < -0.4 is 5.32 Å². The number of carbonyl (C=O) groups excluding carboxylic acids is 1. The number of amides is 1. The van der Waals surface area contributed by atoms with E-state index in [2.05, 4.69) is 15.3 Å². The van der Waals surface area contributed by atoms with Crippen LogP contribution in [-0.2, 0) is 9.47 Å². The molecule has 0 bridgehead atoms. The number of fused-ring (bicyclic) bond motifs is 3. The number of hydrogen-bond acceptors (Lipinski definition) is 7. The summed E-state index contributed by atoms with van der Waals surface area (Å²) in [6.45, 7) is 6.62. The molecule has 4 heterocycles. The molecule has 3 saturated heterocycles. The molecular weight excluding hydrogens is 348 g/mol. The van der Waals surface area contributed by atoms with Crippen molar-refractivity contribution in [2.75, 3.05) is 38.3 Å². The molecule has 0 aromatic carbocycles. The van der Waals surface area contributed by atoms with Crippen molar-refractivity contribution in [3.05, 3.63) is 18.0 Å². The van der Waals surface area contributed by atoms with Crippen molar-refractivity contribution >= 4 is 11.9 Å². The highest BCUT2D eigenvalue weighted by Crippen LogP contribution is 2.44. The molecule has 3 aliphatic rings. The summed E-state index contributed by atoms with van der Waals surface area (Å²) in [5.41, 5.74) is -0.349. The van der Waals surface area contributed by atoms with Gasteiger partial charge in [-0.3, -0.25) is 4.79 Å². The molecule has 0 unspecified atom stereocenters. The number of aromatic nitrogens is 2. The van der Waals surface area contributed by atoms with E-state index >= 15 is 0 Å². The van der Waals surface area contributed by atoms with Crippen LogP contribution in [0.5, 0.6) is 0 Å². The molecule has 8 nitrogen and oxygen atoms in total. The Morgan fingerprint density at radius 2 is 2.04 bits per heavy atom. The molecule has 0 spiro atoms. The summed E-state index contributed by atoms with van der Waals surface area (Å²) >= 11 is 0. The maximum absolute atomic E-state index is 13.2. The van der Waals surface area contributed by atoms with Gasteiger partial charge >= 0.3 is 0 Å². The van der Waals surface area contributed by atoms with Crippen LogP contribution in [0.1, 0.15) is 37.0 Å². The van der Waals surface area contributed by atoms with E-state index in [4.69, 9.17) is 9.47 Å². The van der Waals surface area contributed by atoms with Crippen molar-refractivity contribution in [2.45, 2.75) is 44.4 Å². The maximum Gasteiger partial charge on any atom is 0.257 e. The van der Waals surface area contributed by atoms with E-state index < -0.39 is 5.60 Å².